The summed E-state index contributed by atoms with van der Waals surface area (Å²) in [6, 6.07) is 20.9. The minimum atomic E-state index is -0.417. The zero-order valence-electron chi connectivity index (χ0n) is 13.2. The van der Waals surface area contributed by atoms with Crippen LogP contribution in [-0.4, -0.2) is 11.8 Å². The molecule has 5 heteroatoms. The Bertz CT molecular complexity index is 893. The highest BCUT2D eigenvalue weighted by molar-refractivity contribution is 6.12. The molecule has 0 atom stereocenters. The van der Waals surface area contributed by atoms with Gasteiger partial charge in [-0.1, -0.05) is 30.3 Å². The van der Waals surface area contributed by atoms with Gasteiger partial charge in [0, 0.05) is 11.3 Å². The molecule has 2 N–H and O–H groups in total. The van der Waals surface area contributed by atoms with Crippen molar-refractivity contribution in [2.24, 2.45) is 0 Å². The van der Waals surface area contributed by atoms with E-state index in [0.29, 0.717) is 22.5 Å². The van der Waals surface area contributed by atoms with Crippen LogP contribution in [-0.2, 0) is 0 Å². The Hall–Kier alpha value is -3.47. The average Bonchev–Trinajstić information content (AvgIpc) is 2.63. The van der Waals surface area contributed by atoms with Gasteiger partial charge < -0.3 is 10.6 Å². The Balaban J connectivity index is 1.79. The molecule has 0 saturated heterocycles. The molecule has 0 heterocycles. The SMILES string of the molecule is O=C(Nc1ccccc1C(=O)Nc1ccccc1)c1ccc(F)cc1. The van der Waals surface area contributed by atoms with Crippen LogP contribution in [0, 0.1) is 5.82 Å². The lowest BCUT2D eigenvalue weighted by Gasteiger charge is -2.11. The molecule has 0 fully saturated rings. The molecule has 0 aliphatic carbocycles. The second kappa shape index (κ2) is 7.40. The van der Waals surface area contributed by atoms with E-state index in [1.807, 2.05) is 18.2 Å². The van der Waals surface area contributed by atoms with E-state index < -0.39 is 11.7 Å². The van der Waals surface area contributed by atoms with Crippen molar-refractivity contribution in [1.29, 1.82) is 0 Å². The molecule has 0 unspecified atom stereocenters. The zero-order valence-corrected chi connectivity index (χ0v) is 13.2. The summed E-state index contributed by atoms with van der Waals surface area (Å²) >= 11 is 0. The van der Waals surface area contributed by atoms with Crippen molar-refractivity contribution in [2.45, 2.75) is 0 Å². The average molecular weight is 334 g/mol. The zero-order chi connectivity index (χ0) is 17.6. The number of hydrogen-bond acceptors (Lipinski definition) is 2. The normalized spacial score (nSPS) is 10.1. The van der Waals surface area contributed by atoms with Gasteiger partial charge in [0.25, 0.3) is 11.8 Å². The first-order valence-electron chi connectivity index (χ1n) is 7.66. The molecular formula is C20H15FN2O2. The van der Waals surface area contributed by atoms with Gasteiger partial charge >= 0.3 is 0 Å². The first kappa shape index (κ1) is 16.4. The summed E-state index contributed by atoms with van der Waals surface area (Å²) in [5.41, 5.74) is 1.68. The van der Waals surface area contributed by atoms with Gasteiger partial charge in [0.2, 0.25) is 0 Å². The van der Waals surface area contributed by atoms with Gasteiger partial charge in [-0.2, -0.15) is 0 Å². The number of nitrogens with one attached hydrogen (secondary N) is 2. The minimum absolute atomic E-state index is 0.305. The van der Waals surface area contributed by atoms with E-state index in [4.69, 9.17) is 0 Å². The number of rotatable bonds is 4. The predicted octanol–water partition coefficient (Wildman–Crippen LogP) is 4.33. The molecule has 0 aromatic heterocycles. The van der Waals surface area contributed by atoms with Crippen molar-refractivity contribution in [2.75, 3.05) is 10.6 Å². The van der Waals surface area contributed by atoms with Gasteiger partial charge in [-0.05, 0) is 48.5 Å². The minimum Gasteiger partial charge on any atom is -0.322 e. The van der Waals surface area contributed by atoms with Gasteiger partial charge in [0.1, 0.15) is 5.82 Å². The third kappa shape index (κ3) is 4.09. The maximum atomic E-state index is 13.0. The maximum Gasteiger partial charge on any atom is 0.257 e. The highest BCUT2D eigenvalue weighted by Gasteiger charge is 2.14. The van der Waals surface area contributed by atoms with Crippen molar-refractivity contribution in [3.05, 3.63) is 95.8 Å². The molecule has 0 radical (unpaired) electrons. The number of hydrogen-bond donors (Lipinski definition) is 2. The fraction of sp³-hybridized carbons (Fsp3) is 0. The molecule has 3 aromatic rings. The van der Waals surface area contributed by atoms with E-state index in [2.05, 4.69) is 10.6 Å². The van der Waals surface area contributed by atoms with Crippen LogP contribution in [0.25, 0.3) is 0 Å². The molecule has 2 amide bonds. The van der Waals surface area contributed by atoms with Crippen LogP contribution < -0.4 is 10.6 Å². The Kier molecular flexibility index (Phi) is 4.85. The van der Waals surface area contributed by atoms with Crippen LogP contribution in [0.1, 0.15) is 20.7 Å². The Labute approximate surface area is 144 Å². The van der Waals surface area contributed by atoms with E-state index in [0.717, 1.165) is 0 Å². The molecule has 4 nitrogen and oxygen atoms in total. The summed E-state index contributed by atoms with van der Waals surface area (Å²) in [5.74, 6) is -1.17. The molecule has 0 aliphatic heterocycles. The standard InChI is InChI=1S/C20H15FN2O2/c21-15-12-10-14(11-13-15)19(24)23-18-9-5-4-8-17(18)20(25)22-16-6-2-1-3-7-16/h1-13H,(H,22,25)(H,23,24). The third-order valence-electron chi connectivity index (χ3n) is 3.56. The molecule has 0 saturated carbocycles. The molecule has 0 bridgehead atoms. The topological polar surface area (TPSA) is 58.2 Å². The Morgan fingerprint density at radius 1 is 0.680 bits per heavy atom. The van der Waals surface area contributed by atoms with Gasteiger partial charge in [0.15, 0.2) is 0 Å². The highest BCUT2D eigenvalue weighted by Crippen LogP contribution is 2.18. The van der Waals surface area contributed by atoms with Crippen molar-refractivity contribution in [1.82, 2.24) is 0 Å². The summed E-state index contributed by atoms with van der Waals surface area (Å²) < 4.78 is 13.0. The first-order valence-corrected chi connectivity index (χ1v) is 7.66. The van der Waals surface area contributed by atoms with E-state index in [9.17, 15) is 14.0 Å². The monoisotopic (exact) mass is 334 g/mol. The molecule has 124 valence electrons. The third-order valence-corrected chi connectivity index (χ3v) is 3.56. The lowest BCUT2D eigenvalue weighted by Crippen LogP contribution is -2.18. The van der Waals surface area contributed by atoms with Gasteiger partial charge in [-0.15, -0.1) is 0 Å². The van der Waals surface area contributed by atoms with E-state index in [-0.39, 0.29) is 5.91 Å². The lowest BCUT2D eigenvalue weighted by molar-refractivity contribution is 0.102. The van der Waals surface area contributed by atoms with Crippen LogP contribution >= 0.6 is 0 Å². The second-order valence-corrected chi connectivity index (χ2v) is 5.33. The van der Waals surface area contributed by atoms with Crippen LogP contribution in [0.4, 0.5) is 15.8 Å². The van der Waals surface area contributed by atoms with Gasteiger partial charge in [-0.25, -0.2) is 4.39 Å². The number of carbonyl (C=O) groups excluding carboxylic acids is 2. The summed E-state index contributed by atoms with van der Waals surface area (Å²) in [4.78, 5) is 24.8. The number of amides is 2. The predicted molar refractivity (Wildman–Crippen MR) is 95.2 cm³/mol. The van der Waals surface area contributed by atoms with E-state index in [1.165, 1.54) is 24.3 Å². The summed E-state index contributed by atoms with van der Waals surface area (Å²) in [7, 11) is 0. The van der Waals surface area contributed by atoms with Crippen molar-refractivity contribution in [3.63, 3.8) is 0 Å². The second-order valence-electron chi connectivity index (χ2n) is 5.33. The molecule has 3 rings (SSSR count). The lowest BCUT2D eigenvalue weighted by atomic mass is 10.1. The maximum absolute atomic E-state index is 13.0. The number of para-hydroxylation sites is 2. The first-order chi connectivity index (χ1) is 12.1. The number of benzene rings is 3. The molecule has 3 aromatic carbocycles. The highest BCUT2D eigenvalue weighted by atomic mass is 19.1. The number of anilines is 2. The Morgan fingerprint density at radius 2 is 1.32 bits per heavy atom. The van der Waals surface area contributed by atoms with Crippen LogP contribution in [0.2, 0.25) is 0 Å². The summed E-state index contributed by atoms with van der Waals surface area (Å²) in [6.45, 7) is 0. The number of halogens is 1. The van der Waals surface area contributed by atoms with Crippen molar-refractivity contribution >= 4 is 23.2 Å². The van der Waals surface area contributed by atoms with E-state index in [1.54, 1.807) is 36.4 Å². The largest absolute Gasteiger partial charge is 0.322 e. The summed E-state index contributed by atoms with van der Waals surface area (Å²) in [6.07, 6.45) is 0. The van der Waals surface area contributed by atoms with E-state index >= 15 is 0 Å². The fourth-order valence-corrected chi connectivity index (χ4v) is 2.31. The van der Waals surface area contributed by atoms with Gasteiger partial charge in [0.05, 0.1) is 11.3 Å². The van der Waals surface area contributed by atoms with Crippen molar-refractivity contribution in [3.8, 4) is 0 Å². The summed E-state index contributed by atoms with van der Waals surface area (Å²) in [5, 5.41) is 5.47. The van der Waals surface area contributed by atoms with Crippen molar-refractivity contribution < 1.29 is 14.0 Å². The molecule has 25 heavy (non-hydrogen) atoms. The number of carbonyl (C=O) groups is 2. The molecule has 0 aliphatic rings. The van der Waals surface area contributed by atoms with Crippen LogP contribution in [0.15, 0.2) is 78.9 Å². The molecule has 0 spiro atoms. The van der Waals surface area contributed by atoms with Crippen LogP contribution in [0.3, 0.4) is 0 Å². The fourth-order valence-electron chi connectivity index (χ4n) is 2.31. The van der Waals surface area contributed by atoms with Crippen LogP contribution in [0.5, 0.6) is 0 Å². The smallest absolute Gasteiger partial charge is 0.257 e. The van der Waals surface area contributed by atoms with Gasteiger partial charge in [-0.3, -0.25) is 9.59 Å². The Morgan fingerprint density at radius 3 is 2.04 bits per heavy atom. The quantitative estimate of drug-likeness (QED) is 0.746. The molecular weight excluding hydrogens is 319 g/mol.